The summed E-state index contributed by atoms with van der Waals surface area (Å²) in [4.78, 5) is 21.6. The highest BCUT2D eigenvalue weighted by molar-refractivity contribution is 5.96. The van der Waals surface area contributed by atoms with E-state index in [1.54, 1.807) is 0 Å². The molecule has 0 bridgehead atoms. The lowest BCUT2D eigenvalue weighted by molar-refractivity contribution is -0.127. The number of ketones is 1. The molecule has 0 aromatic rings. The molecule has 88 valence electrons. The molecule has 15 heavy (non-hydrogen) atoms. The molecule has 0 heterocycles. The average Bonchev–Trinajstić information content (AvgIpc) is 2.09. The van der Waals surface area contributed by atoms with Gasteiger partial charge in [-0.25, -0.2) is 0 Å². The van der Waals surface area contributed by atoms with Crippen LogP contribution < -0.4 is 5.32 Å². The molecule has 0 atom stereocenters. The molecule has 0 saturated carbocycles. The van der Waals surface area contributed by atoms with E-state index in [0.29, 0.717) is 6.54 Å². The smallest absolute Gasteiger partial charge is 0.227 e. The summed E-state index contributed by atoms with van der Waals surface area (Å²) in [6, 6.07) is 0. The summed E-state index contributed by atoms with van der Waals surface area (Å²) in [5, 5.41) is 2.69. The molecular formula is C11H21NO3. The van der Waals surface area contributed by atoms with Crippen molar-refractivity contribution in [1.82, 2.24) is 5.32 Å². The number of rotatable bonds is 8. The van der Waals surface area contributed by atoms with E-state index in [-0.39, 0.29) is 24.2 Å². The molecule has 4 heteroatoms. The van der Waals surface area contributed by atoms with Gasteiger partial charge in [0.05, 0.1) is 12.5 Å². The van der Waals surface area contributed by atoms with Gasteiger partial charge in [0, 0.05) is 13.2 Å². The van der Waals surface area contributed by atoms with Crippen LogP contribution in [0.5, 0.6) is 0 Å². The van der Waals surface area contributed by atoms with Gasteiger partial charge in [-0.2, -0.15) is 0 Å². The molecule has 0 unspecified atom stereocenters. The number of carbonyl (C=O) groups excluding carboxylic acids is 2. The molecule has 0 radical (unpaired) electrons. The van der Waals surface area contributed by atoms with Gasteiger partial charge in [-0.3, -0.25) is 9.59 Å². The number of carbonyl (C=O) groups is 2. The van der Waals surface area contributed by atoms with Crippen LogP contribution in [0.1, 0.15) is 40.0 Å². The van der Waals surface area contributed by atoms with Gasteiger partial charge in [0.2, 0.25) is 5.91 Å². The number of amides is 1. The van der Waals surface area contributed by atoms with Crippen molar-refractivity contribution >= 4 is 11.7 Å². The van der Waals surface area contributed by atoms with Gasteiger partial charge in [0.15, 0.2) is 0 Å². The number of unbranched alkanes of at least 4 members (excludes halogenated alkanes) is 1. The predicted octanol–water partition coefficient (Wildman–Crippen LogP) is 1.29. The van der Waals surface area contributed by atoms with E-state index in [2.05, 4.69) is 5.32 Å². The average molecular weight is 215 g/mol. The summed E-state index contributed by atoms with van der Waals surface area (Å²) in [5.41, 5.74) is 0. The zero-order valence-corrected chi connectivity index (χ0v) is 9.84. The molecule has 0 fully saturated rings. The largest absolute Gasteiger partial charge is 0.379 e. The van der Waals surface area contributed by atoms with Crippen molar-refractivity contribution in [3.8, 4) is 0 Å². The van der Waals surface area contributed by atoms with Crippen molar-refractivity contribution in [2.24, 2.45) is 0 Å². The van der Waals surface area contributed by atoms with E-state index in [0.717, 1.165) is 19.4 Å². The van der Waals surface area contributed by atoms with Crippen LogP contribution >= 0.6 is 0 Å². The van der Waals surface area contributed by atoms with Gasteiger partial charge >= 0.3 is 0 Å². The van der Waals surface area contributed by atoms with Gasteiger partial charge in [0.25, 0.3) is 0 Å². The molecule has 4 nitrogen and oxygen atoms in total. The first kappa shape index (κ1) is 14.1. The molecule has 0 aromatic carbocycles. The summed E-state index contributed by atoms with van der Waals surface area (Å²) < 4.78 is 5.35. The van der Waals surface area contributed by atoms with E-state index in [9.17, 15) is 9.59 Å². The fourth-order valence-electron chi connectivity index (χ4n) is 1.06. The van der Waals surface area contributed by atoms with Gasteiger partial charge < -0.3 is 10.1 Å². The first-order valence-corrected chi connectivity index (χ1v) is 5.40. The Morgan fingerprint density at radius 2 is 1.93 bits per heavy atom. The number of nitrogens with one attached hydrogen (secondary N) is 1. The van der Waals surface area contributed by atoms with E-state index >= 15 is 0 Å². The highest BCUT2D eigenvalue weighted by Crippen LogP contribution is 1.93. The quantitative estimate of drug-likeness (QED) is 0.490. The molecule has 0 spiro atoms. The van der Waals surface area contributed by atoms with Crippen LogP contribution in [0.3, 0.4) is 0 Å². The maximum atomic E-state index is 11.0. The minimum absolute atomic E-state index is 0.0114. The second kappa shape index (κ2) is 8.41. The van der Waals surface area contributed by atoms with Crippen molar-refractivity contribution in [2.75, 3.05) is 13.2 Å². The zero-order chi connectivity index (χ0) is 11.7. The maximum Gasteiger partial charge on any atom is 0.227 e. The Hall–Kier alpha value is -0.900. The summed E-state index contributed by atoms with van der Waals surface area (Å²) >= 11 is 0. The molecule has 0 rings (SSSR count). The number of ether oxygens (including phenoxy) is 1. The van der Waals surface area contributed by atoms with Crippen LogP contribution in [0.15, 0.2) is 0 Å². The first-order valence-electron chi connectivity index (χ1n) is 5.40. The van der Waals surface area contributed by atoms with Crippen molar-refractivity contribution in [2.45, 2.75) is 46.1 Å². The van der Waals surface area contributed by atoms with E-state index in [4.69, 9.17) is 4.74 Å². The molecular weight excluding hydrogens is 194 g/mol. The second-order valence-electron chi connectivity index (χ2n) is 3.86. The summed E-state index contributed by atoms with van der Waals surface area (Å²) in [6.45, 7) is 6.74. The standard InChI is InChI=1S/C11H21NO3/c1-9(2)15-7-5-4-6-12-11(14)8-10(3)13/h9H,4-8H2,1-3H3,(H,12,14). The number of hydrogen-bond donors (Lipinski definition) is 1. The minimum atomic E-state index is -0.188. The Balaban J connectivity index is 3.24. The minimum Gasteiger partial charge on any atom is -0.379 e. The molecule has 1 amide bonds. The summed E-state index contributed by atoms with van der Waals surface area (Å²) in [6.07, 6.45) is 2.06. The lowest BCUT2D eigenvalue weighted by atomic mass is 10.3. The van der Waals surface area contributed by atoms with Gasteiger partial charge in [0.1, 0.15) is 5.78 Å². The first-order chi connectivity index (χ1) is 7.02. The third kappa shape index (κ3) is 11.0. The van der Waals surface area contributed by atoms with E-state index in [1.165, 1.54) is 6.92 Å². The lowest BCUT2D eigenvalue weighted by Crippen LogP contribution is -2.26. The van der Waals surface area contributed by atoms with Crippen LogP contribution in [0, 0.1) is 0 Å². The Kier molecular flexibility index (Phi) is 7.91. The fourth-order valence-corrected chi connectivity index (χ4v) is 1.06. The Morgan fingerprint density at radius 1 is 1.27 bits per heavy atom. The monoisotopic (exact) mass is 215 g/mol. The van der Waals surface area contributed by atoms with E-state index < -0.39 is 0 Å². The third-order valence-corrected chi connectivity index (χ3v) is 1.75. The third-order valence-electron chi connectivity index (χ3n) is 1.75. The van der Waals surface area contributed by atoms with Gasteiger partial charge in [-0.1, -0.05) is 0 Å². The Bertz CT molecular complexity index is 202. The summed E-state index contributed by atoms with van der Waals surface area (Å²) in [7, 11) is 0. The normalized spacial score (nSPS) is 10.4. The topological polar surface area (TPSA) is 55.4 Å². The molecule has 0 aliphatic rings. The predicted molar refractivity (Wildman–Crippen MR) is 58.6 cm³/mol. The van der Waals surface area contributed by atoms with Crippen LogP contribution in [0.25, 0.3) is 0 Å². The van der Waals surface area contributed by atoms with Crippen LogP contribution in [0.2, 0.25) is 0 Å². The molecule has 0 aliphatic heterocycles. The number of hydrogen-bond acceptors (Lipinski definition) is 3. The summed E-state index contributed by atoms with van der Waals surface area (Å²) in [5.74, 6) is -0.289. The van der Waals surface area contributed by atoms with Gasteiger partial charge in [-0.05, 0) is 33.6 Å². The van der Waals surface area contributed by atoms with Gasteiger partial charge in [-0.15, -0.1) is 0 Å². The van der Waals surface area contributed by atoms with Crippen molar-refractivity contribution in [3.05, 3.63) is 0 Å². The molecule has 0 aliphatic carbocycles. The van der Waals surface area contributed by atoms with Crippen molar-refractivity contribution in [1.29, 1.82) is 0 Å². The Labute approximate surface area is 91.4 Å². The van der Waals surface area contributed by atoms with Crippen molar-refractivity contribution < 1.29 is 14.3 Å². The fraction of sp³-hybridized carbons (Fsp3) is 0.818. The highest BCUT2D eigenvalue weighted by atomic mass is 16.5. The Morgan fingerprint density at radius 3 is 2.47 bits per heavy atom. The highest BCUT2D eigenvalue weighted by Gasteiger charge is 2.03. The maximum absolute atomic E-state index is 11.0. The zero-order valence-electron chi connectivity index (χ0n) is 9.84. The van der Waals surface area contributed by atoms with Crippen molar-refractivity contribution in [3.63, 3.8) is 0 Å². The lowest BCUT2D eigenvalue weighted by Gasteiger charge is -2.07. The van der Waals surface area contributed by atoms with Crippen LogP contribution in [-0.2, 0) is 14.3 Å². The molecule has 0 aromatic heterocycles. The van der Waals surface area contributed by atoms with E-state index in [1.807, 2.05) is 13.8 Å². The van der Waals surface area contributed by atoms with Crippen LogP contribution in [-0.4, -0.2) is 30.9 Å². The second-order valence-corrected chi connectivity index (χ2v) is 3.86. The number of Topliss-reactive ketones (excluding diaryl/α,β-unsaturated/α-hetero) is 1. The molecule has 0 saturated heterocycles. The van der Waals surface area contributed by atoms with Crippen LogP contribution in [0.4, 0.5) is 0 Å². The SMILES string of the molecule is CC(=O)CC(=O)NCCCCOC(C)C. The molecule has 1 N–H and O–H groups in total.